The predicted octanol–water partition coefficient (Wildman–Crippen LogP) is 0.403. The molecule has 24 heavy (non-hydrogen) atoms. The smallest absolute Gasteiger partial charge is 0.236 e. The summed E-state index contributed by atoms with van der Waals surface area (Å²) in [7, 11) is 0. The molecule has 0 N–H and O–H groups in total. The van der Waals surface area contributed by atoms with Gasteiger partial charge in [-0.25, -0.2) is 0 Å². The van der Waals surface area contributed by atoms with E-state index in [1.54, 1.807) is 18.6 Å². The standard InChI is InChI=1S/C17H27N5O2/c1-14(2)21-7-5-20(6-8-21)13-17(23)22-9-10-24-16(12-22)15-11-18-3-4-19-15/h3-4,11,14,16H,5-10,12-13H2,1-2H3. The van der Waals surface area contributed by atoms with Crippen molar-refractivity contribution in [2.24, 2.45) is 0 Å². The van der Waals surface area contributed by atoms with Gasteiger partial charge in [0, 0.05) is 51.2 Å². The molecule has 3 heterocycles. The van der Waals surface area contributed by atoms with Crippen LogP contribution in [0.3, 0.4) is 0 Å². The summed E-state index contributed by atoms with van der Waals surface area (Å²) in [6, 6.07) is 0.579. The number of nitrogens with zero attached hydrogens (tertiary/aromatic N) is 5. The first-order valence-corrected chi connectivity index (χ1v) is 8.75. The monoisotopic (exact) mass is 333 g/mol. The van der Waals surface area contributed by atoms with Crippen LogP contribution in [-0.2, 0) is 9.53 Å². The van der Waals surface area contributed by atoms with Crippen LogP contribution >= 0.6 is 0 Å². The molecule has 7 heteroatoms. The fraction of sp³-hybridized carbons (Fsp3) is 0.706. The average molecular weight is 333 g/mol. The van der Waals surface area contributed by atoms with Crippen LogP contribution in [0.25, 0.3) is 0 Å². The molecule has 0 radical (unpaired) electrons. The third-order valence-corrected chi connectivity index (χ3v) is 4.83. The summed E-state index contributed by atoms with van der Waals surface area (Å²) in [6.07, 6.45) is 4.85. The molecule has 2 aliphatic rings. The molecule has 2 aliphatic heterocycles. The van der Waals surface area contributed by atoms with Gasteiger partial charge in [0.1, 0.15) is 6.10 Å². The number of aromatic nitrogens is 2. The summed E-state index contributed by atoms with van der Waals surface area (Å²) >= 11 is 0. The van der Waals surface area contributed by atoms with Crippen molar-refractivity contribution in [2.45, 2.75) is 26.0 Å². The Morgan fingerprint density at radius 3 is 2.71 bits per heavy atom. The van der Waals surface area contributed by atoms with Gasteiger partial charge in [-0.15, -0.1) is 0 Å². The Morgan fingerprint density at radius 2 is 2.04 bits per heavy atom. The van der Waals surface area contributed by atoms with Gasteiger partial charge in [-0.2, -0.15) is 0 Å². The van der Waals surface area contributed by atoms with Gasteiger partial charge < -0.3 is 9.64 Å². The Hall–Kier alpha value is -1.57. The Morgan fingerprint density at radius 1 is 1.25 bits per heavy atom. The van der Waals surface area contributed by atoms with Gasteiger partial charge in [0.2, 0.25) is 5.91 Å². The maximum atomic E-state index is 12.6. The third kappa shape index (κ3) is 4.28. The van der Waals surface area contributed by atoms with Crippen LogP contribution in [0.15, 0.2) is 18.6 Å². The van der Waals surface area contributed by atoms with E-state index in [0.29, 0.717) is 32.3 Å². The molecule has 0 saturated carbocycles. The summed E-state index contributed by atoms with van der Waals surface area (Å²) in [5.74, 6) is 0.185. The molecule has 0 bridgehead atoms. The Labute approximate surface area is 143 Å². The molecule has 0 aromatic carbocycles. The molecule has 132 valence electrons. The lowest BCUT2D eigenvalue weighted by molar-refractivity contribution is -0.140. The van der Waals surface area contributed by atoms with E-state index in [2.05, 4.69) is 33.6 Å². The largest absolute Gasteiger partial charge is 0.368 e. The minimum Gasteiger partial charge on any atom is -0.368 e. The van der Waals surface area contributed by atoms with E-state index >= 15 is 0 Å². The fourth-order valence-electron chi connectivity index (χ4n) is 3.26. The van der Waals surface area contributed by atoms with Crippen molar-refractivity contribution >= 4 is 5.91 Å². The van der Waals surface area contributed by atoms with Gasteiger partial charge in [0.05, 0.1) is 31.6 Å². The lowest BCUT2D eigenvalue weighted by atomic mass is 10.2. The normalized spacial score (nSPS) is 23.6. The number of hydrogen-bond acceptors (Lipinski definition) is 6. The lowest BCUT2D eigenvalue weighted by Gasteiger charge is -2.38. The molecule has 0 spiro atoms. The number of hydrogen-bond donors (Lipinski definition) is 0. The summed E-state index contributed by atoms with van der Waals surface area (Å²) in [5, 5.41) is 0. The van der Waals surface area contributed by atoms with Gasteiger partial charge in [-0.3, -0.25) is 24.6 Å². The zero-order valence-electron chi connectivity index (χ0n) is 14.6. The quantitative estimate of drug-likeness (QED) is 0.795. The van der Waals surface area contributed by atoms with E-state index in [4.69, 9.17) is 4.74 Å². The maximum Gasteiger partial charge on any atom is 0.236 e. The molecule has 1 unspecified atom stereocenters. The number of amides is 1. The van der Waals surface area contributed by atoms with Crippen LogP contribution in [0.1, 0.15) is 25.6 Å². The van der Waals surface area contributed by atoms with Gasteiger partial charge in [-0.1, -0.05) is 0 Å². The first kappa shape index (κ1) is 17.3. The average Bonchev–Trinajstić information content (AvgIpc) is 2.63. The predicted molar refractivity (Wildman–Crippen MR) is 90.5 cm³/mol. The zero-order valence-corrected chi connectivity index (χ0v) is 14.6. The van der Waals surface area contributed by atoms with Crippen molar-refractivity contribution in [3.8, 4) is 0 Å². The second-order valence-electron chi connectivity index (χ2n) is 6.74. The second-order valence-corrected chi connectivity index (χ2v) is 6.74. The number of carbonyl (C=O) groups excluding carboxylic acids is 1. The highest BCUT2D eigenvalue weighted by molar-refractivity contribution is 5.78. The molecule has 1 aromatic rings. The van der Waals surface area contributed by atoms with Crippen molar-refractivity contribution in [1.29, 1.82) is 0 Å². The van der Waals surface area contributed by atoms with Crippen LogP contribution in [0.5, 0.6) is 0 Å². The first-order chi connectivity index (χ1) is 11.6. The van der Waals surface area contributed by atoms with Crippen molar-refractivity contribution in [2.75, 3.05) is 52.4 Å². The summed E-state index contributed by atoms with van der Waals surface area (Å²) in [5.41, 5.74) is 0.792. The molecule has 2 fully saturated rings. The number of carbonyl (C=O) groups is 1. The summed E-state index contributed by atoms with van der Waals surface area (Å²) in [6.45, 7) is 10.7. The number of morpholine rings is 1. The molecule has 0 aliphatic carbocycles. The van der Waals surface area contributed by atoms with E-state index in [0.717, 1.165) is 31.9 Å². The molecular weight excluding hydrogens is 306 g/mol. The van der Waals surface area contributed by atoms with Crippen molar-refractivity contribution in [3.63, 3.8) is 0 Å². The number of rotatable bonds is 4. The van der Waals surface area contributed by atoms with E-state index in [1.807, 2.05) is 4.90 Å². The number of ether oxygens (including phenoxy) is 1. The zero-order chi connectivity index (χ0) is 16.9. The Bertz CT molecular complexity index is 531. The number of piperazine rings is 1. The minimum absolute atomic E-state index is 0.172. The highest BCUT2D eigenvalue weighted by Crippen LogP contribution is 2.20. The van der Waals surface area contributed by atoms with Crippen molar-refractivity contribution in [3.05, 3.63) is 24.3 Å². The fourth-order valence-corrected chi connectivity index (χ4v) is 3.26. The van der Waals surface area contributed by atoms with Crippen LogP contribution < -0.4 is 0 Å². The molecular formula is C17H27N5O2. The van der Waals surface area contributed by atoms with Crippen LogP contribution in [0.4, 0.5) is 0 Å². The van der Waals surface area contributed by atoms with E-state index in [-0.39, 0.29) is 12.0 Å². The van der Waals surface area contributed by atoms with Crippen molar-refractivity contribution < 1.29 is 9.53 Å². The highest BCUT2D eigenvalue weighted by Gasteiger charge is 2.28. The van der Waals surface area contributed by atoms with Gasteiger partial charge >= 0.3 is 0 Å². The van der Waals surface area contributed by atoms with Gasteiger partial charge in [0.15, 0.2) is 0 Å². The lowest BCUT2D eigenvalue weighted by Crippen LogP contribution is -2.53. The van der Waals surface area contributed by atoms with Crippen LogP contribution in [0.2, 0.25) is 0 Å². The van der Waals surface area contributed by atoms with Crippen molar-refractivity contribution in [1.82, 2.24) is 24.7 Å². The molecule has 3 rings (SSSR count). The molecule has 1 aromatic heterocycles. The molecule has 1 atom stereocenters. The Balaban J connectivity index is 1.50. The second kappa shape index (κ2) is 8.00. The third-order valence-electron chi connectivity index (χ3n) is 4.83. The molecule has 7 nitrogen and oxygen atoms in total. The SMILES string of the molecule is CC(C)N1CCN(CC(=O)N2CCOC(c3cnccn3)C2)CC1. The maximum absolute atomic E-state index is 12.6. The minimum atomic E-state index is -0.172. The van der Waals surface area contributed by atoms with E-state index in [1.165, 1.54) is 0 Å². The topological polar surface area (TPSA) is 61.8 Å². The van der Waals surface area contributed by atoms with Gasteiger partial charge in [0.25, 0.3) is 0 Å². The Kier molecular flexibility index (Phi) is 5.76. The van der Waals surface area contributed by atoms with Gasteiger partial charge in [-0.05, 0) is 13.8 Å². The van der Waals surface area contributed by atoms with E-state index in [9.17, 15) is 4.79 Å². The molecule has 1 amide bonds. The van der Waals surface area contributed by atoms with E-state index < -0.39 is 0 Å². The summed E-state index contributed by atoms with van der Waals surface area (Å²) < 4.78 is 5.76. The summed E-state index contributed by atoms with van der Waals surface area (Å²) in [4.78, 5) is 27.6. The highest BCUT2D eigenvalue weighted by atomic mass is 16.5. The molecule has 2 saturated heterocycles. The van der Waals surface area contributed by atoms with Crippen LogP contribution in [0, 0.1) is 0 Å². The first-order valence-electron chi connectivity index (χ1n) is 8.75. The van der Waals surface area contributed by atoms with Crippen LogP contribution in [-0.4, -0.2) is 89.0 Å².